The van der Waals surface area contributed by atoms with Crippen molar-refractivity contribution in [1.29, 1.82) is 0 Å². The van der Waals surface area contributed by atoms with Crippen molar-refractivity contribution >= 4 is 45.6 Å². The number of nitrogens with one attached hydrogen (secondary N) is 1. The van der Waals surface area contributed by atoms with E-state index >= 15 is 0 Å². The first-order chi connectivity index (χ1) is 8.74. The molecule has 3 N–H and O–H groups in total. The van der Waals surface area contributed by atoms with Crippen molar-refractivity contribution < 1.29 is 0 Å². The summed E-state index contributed by atoms with van der Waals surface area (Å²) in [4.78, 5) is 4.75. The van der Waals surface area contributed by atoms with Crippen molar-refractivity contribution in [3.8, 4) is 0 Å². The SMILES string of the molecule is CSCCNc1c(C(N)=S)cnc2ccccc12. The number of nitrogens with zero attached hydrogens (tertiary/aromatic N) is 1. The molecule has 3 nitrogen and oxygen atoms in total. The van der Waals surface area contributed by atoms with Crippen LogP contribution in [0.5, 0.6) is 0 Å². The molecule has 0 amide bonds. The Hall–Kier alpha value is -1.33. The summed E-state index contributed by atoms with van der Waals surface area (Å²) in [5.74, 6) is 1.04. The zero-order chi connectivity index (χ0) is 13.0. The number of nitrogens with two attached hydrogens (primary N) is 1. The molecular formula is C13H15N3S2. The molecule has 0 spiro atoms. The Balaban J connectivity index is 2.48. The number of hydrogen-bond acceptors (Lipinski definition) is 4. The van der Waals surface area contributed by atoms with E-state index in [1.807, 2.05) is 24.3 Å². The van der Waals surface area contributed by atoms with Crippen LogP contribution < -0.4 is 11.1 Å². The molecule has 94 valence electrons. The lowest BCUT2D eigenvalue weighted by molar-refractivity contribution is 1.23. The predicted molar refractivity (Wildman–Crippen MR) is 84.5 cm³/mol. The summed E-state index contributed by atoms with van der Waals surface area (Å²) in [6.07, 6.45) is 3.83. The molecular weight excluding hydrogens is 262 g/mol. The Morgan fingerprint density at radius 3 is 2.94 bits per heavy atom. The maximum Gasteiger partial charge on any atom is 0.107 e. The predicted octanol–water partition coefficient (Wildman–Crippen LogP) is 2.64. The summed E-state index contributed by atoms with van der Waals surface area (Å²) < 4.78 is 0. The molecule has 0 aliphatic rings. The van der Waals surface area contributed by atoms with E-state index < -0.39 is 0 Å². The van der Waals surface area contributed by atoms with Crippen molar-refractivity contribution in [3.63, 3.8) is 0 Å². The molecule has 5 heteroatoms. The number of aromatic nitrogens is 1. The van der Waals surface area contributed by atoms with Crippen LogP contribution >= 0.6 is 24.0 Å². The molecule has 0 aliphatic carbocycles. The number of anilines is 1. The maximum absolute atomic E-state index is 5.76. The summed E-state index contributed by atoms with van der Waals surface area (Å²) in [6, 6.07) is 7.98. The van der Waals surface area contributed by atoms with Crippen LogP contribution in [0, 0.1) is 0 Å². The fourth-order valence-electron chi connectivity index (χ4n) is 1.80. The van der Waals surface area contributed by atoms with Crippen LogP contribution in [0.25, 0.3) is 10.9 Å². The zero-order valence-electron chi connectivity index (χ0n) is 10.1. The number of rotatable bonds is 5. The van der Waals surface area contributed by atoms with Gasteiger partial charge in [-0.15, -0.1) is 0 Å². The number of hydrogen-bond donors (Lipinski definition) is 2. The molecule has 1 aromatic heterocycles. The van der Waals surface area contributed by atoms with Gasteiger partial charge in [-0.25, -0.2) is 0 Å². The molecule has 18 heavy (non-hydrogen) atoms. The van der Waals surface area contributed by atoms with E-state index in [-0.39, 0.29) is 0 Å². The molecule has 0 fully saturated rings. The van der Waals surface area contributed by atoms with Crippen molar-refractivity contribution in [2.45, 2.75) is 0 Å². The van der Waals surface area contributed by atoms with Crippen molar-refractivity contribution in [3.05, 3.63) is 36.0 Å². The van der Waals surface area contributed by atoms with Gasteiger partial charge in [-0.1, -0.05) is 30.4 Å². The number of fused-ring (bicyclic) bond motifs is 1. The third-order valence-electron chi connectivity index (χ3n) is 2.65. The Bertz CT molecular complexity index is 569. The van der Waals surface area contributed by atoms with Gasteiger partial charge in [0.15, 0.2) is 0 Å². The summed E-state index contributed by atoms with van der Waals surface area (Å²) in [5, 5.41) is 4.47. The highest BCUT2D eigenvalue weighted by Gasteiger charge is 2.09. The molecule has 0 radical (unpaired) electrons. The van der Waals surface area contributed by atoms with Crippen molar-refractivity contribution in [1.82, 2.24) is 4.98 Å². The molecule has 1 aromatic carbocycles. The second-order valence-corrected chi connectivity index (χ2v) is 5.27. The first-order valence-corrected chi connectivity index (χ1v) is 7.44. The van der Waals surface area contributed by atoms with Gasteiger partial charge in [-0.3, -0.25) is 4.98 Å². The third-order valence-corrected chi connectivity index (χ3v) is 3.48. The van der Waals surface area contributed by atoms with Gasteiger partial charge in [0.05, 0.1) is 16.8 Å². The molecule has 0 bridgehead atoms. The minimum Gasteiger partial charge on any atom is -0.389 e. The summed E-state index contributed by atoms with van der Waals surface area (Å²) in [5.41, 5.74) is 8.50. The highest BCUT2D eigenvalue weighted by Crippen LogP contribution is 2.25. The van der Waals surface area contributed by atoms with Crippen LogP contribution in [0.4, 0.5) is 5.69 Å². The minimum absolute atomic E-state index is 0.375. The lowest BCUT2D eigenvalue weighted by Gasteiger charge is -2.13. The van der Waals surface area contributed by atoms with Crippen LogP contribution in [0.15, 0.2) is 30.5 Å². The molecule has 1 heterocycles. The normalized spacial score (nSPS) is 10.5. The maximum atomic E-state index is 5.76. The average molecular weight is 277 g/mol. The van der Waals surface area contributed by atoms with Crippen LogP contribution in [0.3, 0.4) is 0 Å². The molecule has 0 atom stereocenters. The second kappa shape index (κ2) is 6.02. The van der Waals surface area contributed by atoms with Crippen LogP contribution in [-0.2, 0) is 0 Å². The summed E-state index contributed by atoms with van der Waals surface area (Å²) in [7, 11) is 0. The number of pyridine rings is 1. The van der Waals surface area contributed by atoms with E-state index in [1.54, 1.807) is 18.0 Å². The smallest absolute Gasteiger partial charge is 0.107 e. The van der Waals surface area contributed by atoms with Gasteiger partial charge in [-0.2, -0.15) is 11.8 Å². The van der Waals surface area contributed by atoms with E-state index in [0.29, 0.717) is 4.99 Å². The fourth-order valence-corrected chi connectivity index (χ4v) is 2.26. The van der Waals surface area contributed by atoms with Crippen molar-refractivity contribution in [2.24, 2.45) is 5.73 Å². The summed E-state index contributed by atoms with van der Waals surface area (Å²) in [6.45, 7) is 0.880. The van der Waals surface area contributed by atoms with Gasteiger partial charge in [0.25, 0.3) is 0 Å². The Kier molecular flexibility index (Phi) is 4.38. The molecule has 2 rings (SSSR count). The van der Waals surface area contributed by atoms with Gasteiger partial charge in [0, 0.05) is 23.9 Å². The number of benzene rings is 1. The third kappa shape index (κ3) is 2.73. The van der Waals surface area contributed by atoms with Gasteiger partial charge >= 0.3 is 0 Å². The second-order valence-electron chi connectivity index (χ2n) is 3.85. The Morgan fingerprint density at radius 2 is 2.22 bits per heavy atom. The Morgan fingerprint density at radius 1 is 1.44 bits per heavy atom. The van der Waals surface area contributed by atoms with E-state index in [2.05, 4.69) is 16.6 Å². The summed E-state index contributed by atoms with van der Waals surface area (Å²) >= 11 is 6.88. The first kappa shape index (κ1) is 13.1. The quantitative estimate of drug-likeness (QED) is 0.650. The highest BCUT2D eigenvalue weighted by molar-refractivity contribution is 7.98. The molecule has 0 unspecified atom stereocenters. The van der Waals surface area contributed by atoms with Gasteiger partial charge in [-0.05, 0) is 12.3 Å². The first-order valence-electron chi connectivity index (χ1n) is 5.64. The largest absolute Gasteiger partial charge is 0.389 e. The van der Waals surface area contributed by atoms with E-state index in [1.165, 1.54) is 0 Å². The zero-order valence-corrected chi connectivity index (χ0v) is 11.8. The Labute approximate surface area is 116 Å². The minimum atomic E-state index is 0.375. The van der Waals surface area contributed by atoms with Gasteiger partial charge < -0.3 is 11.1 Å². The molecule has 0 saturated heterocycles. The molecule has 2 aromatic rings. The number of thiocarbonyl (C=S) groups is 1. The van der Waals surface area contributed by atoms with Crippen molar-refractivity contribution in [2.75, 3.05) is 23.9 Å². The van der Waals surface area contributed by atoms with Crippen LogP contribution in [0.2, 0.25) is 0 Å². The lowest BCUT2D eigenvalue weighted by atomic mass is 10.1. The van der Waals surface area contributed by atoms with E-state index in [4.69, 9.17) is 18.0 Å². The molecule has 0 aliphatic heterocycles. The number of thioether (sulfide) groups is 1. The average Bonchev–Trinajstić information content (AvgIpc) is 2.38. The monoisotopic (exact) mass is 277 g/mol. The van der Waals surface area contributed by atoms with Gasteiger partial charge in [0.2, 0.25) is 0 Å². The fraction of sp³-hybridized carbons (Fsp3) is 0.231. The van der Waals surface area contributed by atoms with E-state index in [9.17, 15) is 0 Å². The van der Waals surface area contributed by atoms with Crippen LogP contribution in [-0.4, -0.2) is 28.5 Å². The highest BCUT2D eigenvalue weighted by atomic mass is 32.2. The lowest BCUT2D eigenvalue weighted by Crippen LogP contribution is -2.15. The standard InChI is InChI=1S/C13H15N3S2/c1-18-7-6-15-12-9-4-2-3-5-11(9)16-8-10(12)13(14)17/h2-5,8H,6-7H2,1H3,(H2,14,17)(H,15,16). The molecule has 0 saturated carbocycles. The van der Waals surface area contributed by atoms with Gasteiger partial charge in [0.1, 0.15) is 4.99 Å². The van der Waals surface area contributed by atoms with E-state index in [0.717, 1.165) is 34.5 Å². The van der Waals surface area contributed by atoms with Crippen LogP contribution in [0.1, 0.15) is 5.56 Å². The number of para-hydroxylation sites is 1. The topological polar surface area (TPSA) is 50.9 Å².